The number of benzene rings is 16. The summed E-state index contributed by atoms with van der Waals surface area (Å²) in [5, 5.41) is 13.4. The lowest BCUT2D eigenvalue weighted by Crippen LogP contribution is -2.54. The van der Waals surface area contributed by atoms with Gasteiger partial charge in [0.05, 0.1) is 33.3 Å². The number of fused-ring (bicyclic) bond motifs is 25. The van der Waals surface area contributed by atoms with Crippen LogP contribution in [0.25, 0.3) is 76.1 Å². The van der Waals surface area contributed by atoms with Crippen molar-refractivity contribution < 1.29 is 0 Å². The minimum atomic E-state index is -0.599. The Bertz CT molecular complexity index is 6650. The van der Waals surface area contributed by atoms with Crippen molar-refractivity contribution in [2.45, 2.75) is 163 Å². The Kier molecular flexibility index (Phi) is 16.8. The van der Waals surface area contributed by atoms with Gasteiger partial charge in [0.2, 0.25) is 0 Å². The van der Waals surface area contributed by atoms with Gasteiger partial charge in [-0.2, -0.15) is 0 Å². The van der Waals surface area contributed by atoms with Gasteiger partial charge in [0.15, 0.2) is 0 Å². The third-order valence-corrected chi connectivity index (χ3v) is 32.8. The van der Waals surface area contributed by atoms with Crippen molar-refractivity contribution in [3.8, 4) is 22.3 Å². The molecule has 3 saturated carbocycles. The molecule has 2 aliphatic heterocycles. The molecule has 574 valence electrons. The van der Waals surface area contributed by atoms with Crippen molar-refractivity contribution in [1.29, 1.82) is 0 Å². The highest BCUT2D eigenvalue weighted by Gasteiger charge is 2.62. The summed E-state index contributed by atoms with van der Waals surface area (Å²) in [5.74, 6) is 0. The van der Waals surface area contributed by atoms with Crippen molar-refractivity contribution >= 4 is 108 Å². The zero-order valence-corrected chi connectivity index (χ0v) is 71.2. The maximum Gasteiger partial charge on any atom is 0.0715 e. The molecule has 117 heavy (non-hydrogen) atoms. The minimum Gasteiger partial charge on any atom is -0.334 e. The van der Waals surface area contributed by atoms with Crippen LogP contribution in [0.4, 0.5) is 22.7 Å². The average molecular weight is 1640 g/mol. The van der Waals surface area contributed by atoms with Crippen LogP contribution in [0.1, 0.15) is 185 Å². The standard InChI is InChI=1S/C65H58N2.C29H18Br2.C19H22/c1-61-37-17-19-39-63(61,3)66(59-48-27-13-11-21-43(48)31-35-53(59)61)47-33-34-52-55(41-47)65(45-23-7-5-8-24-45,46-25-9-6-10-26-46)56-42-57(50-29-15-16-30-51(50)58(52)56)67-60-49-28-14-12-22-44(49)32-36-54(60)62(2)38-18-20-40-64(62,67)4;30-21-15-16-24-25(17-21)29(19-9-3-1-4-10-19,20-11-5-2-6-12-20)26-18-27(31)22-13-7-8-14-23(22)28(24)26;1-18-11-5-6-12-19(18,2)17-10-9-14-7-3-4-8-15(14)16(17)13-18/h5-16,21-36,41-42H,17-20,37-40H2,1-4H3;1-18H;3-4,7-10H,5-6,11-13H2,1-2H3. The second kappa shape index (κ2) is 27.0. The molecule has 2 heterocycles. The zero-order valence-electron chi connectivity index (χ0n) is 68.0. The number of rotatable bonds is 6. The van der Waals surface area contributed by atoms with Gasteiger partial charge < -0.3 is 9.80 Å². The van der Waals surface area contributed by atoms with Crippen molar-refractivity contribution in [3.05, 3.63) is 403 Å². The fraction of sp³-hybridized carbons (Fsp3) is 0.239. The second-order valence-electron chi connectivity index (χ2n) is 36.8. The molecule has 0 N–H and O–H groups in total. The molecule has 0 bridgehead atoms. The van der Waals surface area contributed by atoms with Crippen LogP contribution in [-0.4, -0.2) is 11.1 Å². The first kappa shape index (κ1) is 72.8. The Hall–Kier alpha value is -10.6. The summed E-state index contributed by atoms with van der Waals surface area (Å²) in [7, 11) is 0. The summed E-state index contributed by atoms with van der Waals surface area (Å²) in [5.41, 5.74) is 27.3. The molecule has 6 aliphatic carbocycles. The predicted octanol–water partition coefficient (Wildman–Crippen LogP) is 31.0. The summed E-state index contributed by atoms with van der Waals surface area (Å²) < 4.78 is 2.23. The van der Waals surface area contributed by atoms with E-state index in [1.807, 2.05) is 0 Å². The molecule has 0 radical (unpaired) electrons. The Labute approximate surface area is 706 Å². The van der Waals surface area contributed by atoms with Gasteiger partial charge in [0.25, 0.3) is 0 Å². The number of halogens is 2. The first-order valence-electron chi connectivity index (χ1n) is 43.2. The third kappa shape index (κ3) is 10.1. The molecule has 0 saturated heterocycles. The van der Waals surface area contributed by atoms with Crippen molar-refractivity contribution in [2.75, 3.05) is 9.80 Å². The van der Waals surface area contributed by atoms with Crippen LogP contribution in [0.2, 0.25) is 0 Å². The minimum absolute atomic E-state index is 0.00152. The SMILES string of the molecule is Brc1ccc2c(c1)C(c1ccccc1)(c1ccccc1)c1cc(Br)c3ccccc3c1-2.CC12CCCCC1(C)N(c1ccc3c(c1)C(c1ccccc1)(c1ccccc1)c1cc(N4c5c(ccc6ccccc56)C5(C)CCCCC45C)c4ccccc4c1-3)c1c2ccc2ccccc12.CC12CCCCC1(C)c1ccc3ccccc3c1C2. The zero-order chi connectivity index (χ0) is 79.0. The monoisotopic (exact) mass is 1640 g/mol. The lowest BCUT2D eigenvalue weighted by molar-refractivity contribution is 0.110. The molecule has 4 heteroatoms. The maximum atomic E-state index is 3.90. The van der Waals surface area contributed by atoms with E-state index in [1.54, 1.807) is 11.1 Å². The highest BCUT2D eigenvalue weighted by molar-refractivity contribution is 9.11. The molecular formula is C113H98Br2N2. The van der Waals surface area contributed by atoms with Crippen molar-refractivity contribution in [3.63, 3.8) is 0 Å². The molecule has 0 spiro atoms. The average Bonchev–Trinajstić information content (AvgIpc) is 1.51. The van der Waals surface area contributed by atoms with Gasteiger partial charge in [-0.3, -0.25) is 0 Å². The van der Waals surface area contributed by atoms with Crippen LogP contribution in [0.15, 0.2) is 337 Å². The van der Waals surface area contributed by atoms with E-state index in [2.05, 4.69) is 411 Å². The van der Waals surface area contributed by atoms with Crippen LogP contribution in [0.3, 0.4) is 0 Å². The summed E-state index contributed by atoms with van der Waals surface area (Å²) in [6.07, 6.45) is 16.5. The van der Waals surface area contributed by atoms with E-state index in [9.17, 15) is 0 Å². The number of anilines is 4. The molecule has 24 rings (SSSR count). The van der Waals surface area contributed by atoms with Crippen LogP contribution in [0.5, 0.6) is 0 Å². The maximum absolute atomic E-state index is 3.90. The summed E-state index contributed by atoms with van der Waals surface area (Å²) in [6.45, 7) is 15.4. The Morgan fingerprint density at radius 3 is 1.19 bits per heavy atom. The smallest absolute Gasteiger partial charge is 0.0715 e. The highest BCUT2D eigenvalue weighted by atomic mass is 79.9. The van der Waals surface area contributed by atoms with Crippen LogP contribution in [-0.2, 0) is 33.5 Å². The van der Waals surface area contributed by atoms with Gasteiger partial charge in [-0.25, -0.2) is 0 Å². The van der Waals surface area contributed by atoms with Crippen LogP contribution in [0, 0.1) is 5.41 Å². The lowest BCUT2D eigenvalue weighted by Gasteiger charge is -2.50. The predicted molar refractivity (Wildman–Crippen MR) is 500 cm³/mol. The van der Waals surface area contributed by atoms with Gasteiger partial charge in [0, 0.05) is 47.3 Å². The van der Waals surface area contributed by atoms with Crippen LogP contribution < -0.4 is 9.80 Å². The van der Waals surface area contributed by atoms with Crippen LogP contribution >= 0.6 is 31.9 Å². The quantitative estimate of drug-likeness (QED) is 0.164. The topological polar surface area (TPSA) is 6.48 Å². The number of hydrogen-bond donors (Lipinski definition) is 0. The molecule has 0 aromatic heterocycles. The highest BCUT2D eigenvalue weighted by Crippen LogP contribution is 2.69. The van der Waals surface area contributed by atoms with Gasteiger partial charge in [-0.15, -0.1) is 0 Å². The van der Waals surface area contributed by atoms with Gasteiger partial charge >= 0.3 is 0 Å². The summed E-state index contributed by atoms with van der Waals surface area (Å²) >= 11 is 7.66. The Morgan fingerprint density at radius 1 is 0.274 bits per heavy atom. The summed E-state index contributed by atoms with van der Waals surface area (Å²) in [4.78, 5) is 5.70. The first-order valence-corrected chi connectivity index (χ1v) is 44.8. The fourth-order valence-electron chi connectivity index (χ4n) is 25.4. The Morgan fingerprint density at radius 2 is 0.658 bits per heavy atom. The van der Waals surface area contributed by atoms with E-state index in [1.165, 1.54) is 225 Å². The molecular weight excluding hydrogens is 1550 g/mol. The molecule has 16 aromatic rings. The molecule has 6 atom stereocenters. The van der Waals surface area contributed by atoms with E-state index in [-0.39, 0.29) is 27.3 Å². The third-order valence-electron chi connectivity index (χ3n) is 31.7. The lowest BCUT2D eigenvalue weighted by atomic mass is 9.58. The van der Waals surface area contributed by atoms with E-state index < -0.39 is 5.41 Å². The van der Waals surface area contributed by atoms with E-state index in [0.29, 0.717) is 10.8 Å². The largest absolute Gasteiger partial charge is 0.334 e. The first-order chi connectivity index (χ1) is 57.1. The molecule has 16 aromatic carbocycles. The second-order valence-corrected chi connectivity index (χ2v) is 38.6. The molecule has 2 nitrogen and oxygen atoms in total. The normalized spacial score (nSPS) is 23.6. The van der Waals surface area contributed by atoms with E-state index >= 15 is 0 Å². The number of nitrogens with zero attached hydrogens (tertiary/aromatic N) is 2. The number of hydrogen-bond acceptors (Lipinski definition) is 2. The van der Waals surface area contributed by atoms with Gasteiger partial charge in [-0.1, -0.05) is 389 Å². The van der Waals surface area contributed by atoms with E-state index in [4.69, 9.17) is 0 Å². The van der Waals surface area contributed by atoms with E-state index in [0.717, 1.165) is 21.8 Å². The molecule has 8 aliphatic rings. The fourth-order valence-corrected chi connectivity index (χ4v) is 26.3. The summed E-state index contributed by atoms with van der Waals surface area (Å²) in [6, 6.07) is 124. The molecule has 6 unspecified atom stereocenters. The van der Waals surface area contributed by atoms with Gasteiger partial charge in [-0.05, 0) is 233 Å². The molecule has 3 fully saturated rings. The van der Waals surface area contributed by atoms with Gasteiger partial charge in [0.1, 0.15) is 0 Å². The van der Waals surface area contributed by atoms with Crippen molar-refractivity contribution in [1.82, 2.24) is 0 Å². The Balaban J connectivity index is 0.000000135. The molecule has 0 amide bonds. The van der Waals surface area contributed by atoms with Crippen molar-refractivity contribution in [2.24, 2.45) is 5.41 Å².